The molecule has 8 nitrogen and oxygen atoms in total. The Hall–Kier alpha value is -4.44. The zero-order valence-corrected chi connectivity index (χ0v) is 26.3. The number of halogens is 1. The van der Waals surface area contributed by atoms with E-state index >= 15 is 0 Å². The Morgan fingerprint density at radius 2 is 1.59 bits per heavy atom. The number of rotatable bonds is 9. The van der Waals surface area contributed by atoms with E-state index in [0.29, 0.717) is 27.9 Å². The van der Waals surface area contributed by atoms with Crippen molar-refractivity contribution in [2.45, 2.75) is 38.8 Å². The number of nitrogens with zero attached hydrogens (tertiary/aromatic N) is 2. The van der Waals surface area contributed by atoms with Gasteiger partial charge in [0.1, 0.15) is 17.1 Å². The fourth-order valence-corrected chi connectivity index (χ4v) is 6.74. The summed E-state index contributed by atoms with van der Waals surface area (Å²) in [7, 11) is -2.67. The summed E-state index contributed by atoms with van der Waals surface area (Å²) in [4.78, 5) is 28.0. The number of ether oxygens (including phenoxy) is 1. The molecule has 3 aromatic carbocycles. The van der Waals surface area contributed by atoms with E-state index in [9.17, 15) is 18.0 Å². The first-order valence-corrected chi connectivity index (χ1v) is 15.6. The Bertz CT molecular complexity index is 1870. The van der Waals surface area contributed by atoms with Gasteiger partial charge in [0.2, 0.25) is 15.8 Å². The normalized spacial score (nSPS) is 14.6. The number of carbonyl (C=O) groups is 2. The van der Waals surface area contributed by atoms with Crippen LogP contribution in [0.4, 0.5) is 5.69 Å². The number of carbonyl (C=O) groups excluding carboxylic acids is 2. The molecule has 0 N–H and O–H groups in total. The molecule has 0 unspecified atom stereocenters. The minimum absolute atomic E-state index is 0.0622. The molecule has 0 atom stereocenters. The van der Waals surface area contributed by atoms with Crippen molar-refractivity contribution < 1.29 is 27.2 Å². The van der Waals surface area contributed by atoms with Crippen molar-refractivity contribution in [2.75, 3.05) is 12.0 Å². The van der Waals surface area contributed by atoms with Gasteiger partial charge in [-0.2, -0.15) is 4.31 Å². The first-order chi connectivity index (χ1) is 21.0. The van der Waals surface area contributed by atoms with Gasteiger partial charge in [0.05, 0.1) is 24.2 Å². The highest BCUT2D eigenvalue weighted by Gasteiger charge is 2.38. The number of sulfonamides is 1. The van der Waals surface area contributed by atoms with Crippen LogP contribution in [0.1, 0.15) is 35.1 Å². The first kappa shape index (κ1) is 31.0. The molecule has 0 spiro atoms. The zero-order chi connectivity index (χ0) is 31.6. The van der Waals surface area contributed by atoms with E-state index in [1.54, 1.807) is 84.6 Å². The predicted molar refractivity (Wildman–Crippen MR) is 169 cm³/mol. The van der Waals surface area contributed by atoms with Crippen LogP contribution < -0.4 is 4.90 Å². The molecule has 2 heterocycles. The third kappa shape index (κ3) is 6.40. The lowest BCUT2D eigenvalue weighted by molar-refractivity contribution is -0.137. The van der Waals surface area contributed by atoms with Gasteiger partial charge in [-0.1, -0.05) is 48.0 Å². The number of hydrogen-bond donors (Lipinski definition) is 0. The fourth-order valence-electron chi connectivity index (χ4n) is 5.20. The Labute approximate surface area is 261 Å². The van der Waals surface area contributed by atoms with Gasteiger partial charge in [-0.05, 0) is 86.0 Å². The molecule has 0 fully saturated rings. The molecule has 4 aromatic rings. The number of ketones is 1. The van der Waals surface area contributed by atoms with Gasteiger partial charge in [0, 0.05) is 29.0 Å². The average Bonchev–Trinajstić information content (AvgIpc) is 3.54. The smallest absolute Gasteiger partial charge is 0.343 e. The molecule has 0 radical (unpaired) electrons. The van der Waals surface area contributed by atoms with E-state index in [1.807, 2.05) is 32.0 Å². The molecule has 0 amide bonds. The number of hydrogen-bond acceptors (Lipinski definition) is 7. The van der Waals surface area contributed by atoms with E-state index in [1.165, 1.54) is 11.4 Å². The Morgan fingerprint density at radius 1 is 0.932 bits per heavy atom. The molecule has 44 heavy (non-hydrogen) atoms. The largest absolute Gasteiger partial charge is 0.465 e. The van der Waals surface area contributed by atoms with Crippen molar-refractivity contribution >= 4 is 45.1 Å². The minimum atomic E-state index is -3.90. The van der Waals surface area contributed by atoms with Gasteiger partial charge >= 0.3 is 5.97 Å². The first-order valence-electron chi connectivity index (χ1n) is 13.8. The standard InChI is InChI=1S/C34H31ClN2O6S/c1-22-16-23(2)18-27(17-22)37-24(3)32(34(39)42-4)33(38)31(37)19-28-14-15-29(43-28)21-36(20-25-10-12-26(35)13-11-25)44(40,41)30-8-6-5-7-9-30/h5-19H,20-21H2,1-4H3/b31-19+. The highest BCUT2D eigenvalue weighted by Crippen LogP contribution is 2.37. The SMILES string of the molecule is COC(=O)C1=C(C)N(c2cc(C)cc(C)c2)/C(=C/c2ccc(CN(Cc3ccc(Cl)cc3)S(=O)(=O)c3ccccc3)o2)C1=O. The Morgan fingerprint density at radius 3 is 2.23 bits per heavy atom. The van der Waals surface area contributed by atoms with Gasteiger partial charge in [0.15, 0.2) is 0 Å². The van der Waals surface area contributed by atoms with Crippen molar-refractivity contribution in [1.29, 1.82) is 0 Å². The fraction of sp³-hybridized carbons (Fsp3) is 0.176. The van der Waals surface area contributed by atoms with Crippen LogP contribution in [0.2, 0.25) is 5.02 Å². The van der Waals surface area contributed by atoms with Crippen LogP contribution in [0.15, 0.2) is 111 Å². The Balaban J connectivity index is 1.51. The van der Waals surface area contributed by atoms with E-state index in [-0.39, 0.29) is 29.3 Å². The monoisotopic (exact) mass is 630 g/mol. The van der Waals surface area contributed by atoms with E-state index in [4.69, 9.17) is 20.8 Å². The van der Waals surface area contributed by atoms with Crippen LogP contribution in [-0.4, -0.2) is 31.6 Å². The minimum Gasteiger partial charge on any atom is -0.465 e. The third-order valence-electron chi connectivity index (χ3n) is 7.20. The van der Waals surface area contributed by atoms with Crippen LogP contribution in [0.25, 0.3) is 6.08 Å². The topological polar surface area (TPSA) is 97.1 Å². The zero-order valence-electron chi connectivity index (χ0n) is 24.7. The number of allylic oxidation sites excluding steroid dienone is 2. The second-order valence-electron chi connectivity index (χ2n) is 10.5. The van der Waals surface area contributed by atoms with E-state index in [0.717, 1.165) is 16.7 Å². The predicted octanol–water partition coefficient (Wildman–Crippen LogP) is 6.82. The van der Waals surface area contributed by atoms with Crippen LogP contribution in [-0.2, 0) is 37.4 Å². The van der Waals surface area contributed by atoms with Crippen LogP contribution in [0.5, 0.6) is 0 Å². The van der Waals surface area contributed by atoms with Crippen molar-refractivity contribution in [3.63, 3.8) is 0 Å². The lowest BCUT2D eigenvalue weighted by Crippen LogP contribution is -2.30. The quantitative estimate of drug-likeness (QED) is 0.114. The maximum atomic E-state index is 13.7. The number of Topliss-reactive ketones (excluding diaryl/α,β-unsaturated/α-hetero) is 1. The lowest BCUT2D eigenvalue weighted by atomic mass is 10.1. The molecule has 1 aliphatic rings. The molecule has 0 saturated heterocycles. The molecule has 0 saturated carbocycles. The number of benzene rings is 3. The van der Waals surface area contributed by atoms with Gasteiger partial charge in [0.25, 0.3) is 0 Å². The van der Waals surface area contributed by atoms with Gasteiger partial charge in [-0.15, -0.1) is 0 Å². The molecule has 5 rings (SSSR count). The van der Waals surface area contributed by atoms with Crippen molar-refractivity contribution in [1.82, 2.24) is 4.31 Å². The van der Waals surface area contributed by atoms with Crippen LogP contribution in [0, 0.1) is 13.8 Å². The van der Waals surface area contributed by atoms with Crippen molar-refractivity contribution in [3.05, 3.63) is 135 Å². The summed E-state index contributed by atoms with van der Waals surface area (Å²) in [5.41, 5.74) is 4.04. The molecule has 0 bridgehead atoms. The summed E-state index contributed by atoms with van der Waals surface area (Å²) >= 11 is 6.05. The number of esters is 1. The molecule has 1 aliphatic heterocycles. The van der Waals surface area contributed by atoms with Crippen LogP contribution >= 0.6 is 11.6 Å². The number of furan rings is 1. The summed E-state index contributed by atoms with van der Waals surface area (Å²) in [5.74, 6) is -0.538. The molecular formula is C34H31ClN2O6S. The molecule has 0 aliphatic carbocycles. The highest BCUT2D eigenvalue weighted by atomic mass is 35.5. The van der Waals surface area contributed by atoms with E-state index < -0.39 is 21.8 Å². The summed E-state index contributed by atoms with van der Waals surface area (Å²) in [6.45, 7) is 5.62. The Kier molecular flexibility index (Phi) is 8.92. The second kappa shape index (κ2) is 12.7. The van der Waals surface area contributed by atoms with Crippen molar-refractivity contribution in [3.8, 4) is 0 Å². The maximum absolute atomic E-state index is 13.7. The van der Waals surface area contributed by atoms with Gasteiger partial charge in [-0.3, -0.25) is 4.79 Å². The van der Waals surface area contributed by atoms with Gasteiger partial charge < -0.3 is 14.1 Å². The van der Waals surface area contributed by atoms with E-state index in [2.05, 4.69) is 0 Å². The highest BCUT2D eigenvalue weighted by molar-refractivity contribution is 7.89. The number of anilines is 1. The summed E-state index contributed by atoms with van der Waals surface area (Å²) in [6.07, 6.45) is 1.55. The summed E-state index contributed by atoms with van der Waals surface area (Å²) < 4.78 is 39.7. The average molecular weight is 631 g/mol. The lowest BCUT2D eigenvalue weighted by Gasteiger charge is -2.22. The summed E-state index contributed by atoms with van der Waals surface area (Å²) in [6, 6.07) is 24.3. The third-order valence-corrected chi connectivity index (χ3v) is 9.26. The molecular weight excluding hydrogens is 600 g/mol. The van der Waals surface area contributed by atoms with Crippen molar-refractivity contribution in [2.24, 2.45) is 0 Å². The maximum Gasteiger partial charge on any atom is 0.343 e. The molecule has 226 valence electrons. The number of aryl methyl sites for hydroxylation is 2. The van der Waals surface area contributed by atoms with Gasteiger partial charge in [-0.25, -0.2) is 13.2 Å². The number of methoxy groups -OCH3 is 1. The van der Waals surface area contributed by atoms with Crippen LogP contribution in [0.3, 0.4) is 0 Å². The second-order valence-corrected chi connectivity index (χ2v) is 12.9. The molecule has 1 aromatic heterocycles. The molecule has 10 heteroatoms. The summed E-state index contributed by atoms with van der Waals surface area (Å²) in [5, 5.41) is 0.548.